The second-order valence-corrected chi connectivity index (χ2v) is 6.13. The summed E-state index contributed by atoms with van der Waals surface area (Å²) in [6.07, 6.45) is 0. The number of para-hydroxylation sites is 1. The van der Waals surface area contributed by atoms with Crippen LogP contribution in [0.15, 0.2) is 48.5 Å². The van der Waals surface area contributed by atoms with Gasteiger partial charge >= 0.3 is 0 Å². The van der Waals surface area contributed by atoms with E-state index in [1.807, 2.05) is 42.5 Å². The van der Waals surface area contributed by atoms with Crippen molar-refractivity contribution in [3.05, 3.63) is 64.7 Å². The average Bonchev–Trinajstić information content (AvgIpc) is 2.65. The highest BCUT2D eigenvalue weighted by atomic mass is 35.5. The molecule has 0 aliphatic heterocycles. The van der Waals surface area contributed by atoms with E-state index in [1.54, 1.807) is 6.07 Å². The molecule has 0 heterocycles. The van der Waals surface area contributed by atoms with E-state index in [0.29, 0.717) is 29.5 Å². The van der Waals surface area contributed by atoms with Crippen LogP contribution >= 0.6 is 11.6 Å². The number of hydrogen-bond acceptors (Lipinski definition) is 3. The summed E-state index contributed by atoms with van der Waals surface area (Å²) in [7, 11) is 0. The van der Waals surface area contributed by atoms with Gasteiger partial charge < -0.3 is 15.0 Å². The Labute approximate surface area is 154 Å². The highest BCUT2D eigenvalue weighted by Crippen LogP contribution is 2.20. The lowest BCUT2D eigenvalue weighted by atomic mass is 10.2. The van der Waals surface area contributed by atoms with Gasteiger partial charge in [-0.15, -0.1) is 0 Å². The van der Waals surface area contributed by atoms with Crippen LogP contribution < -0.4 is 10.1 Å². The zero-order chi connectivity index (χ0) is 18.1. The molecule has 134 valence electrons. The Morgan fingerprint density at radius 1 is 1.08 bits per heavy atom. The number of benzene rings is 2. The van der Waals surface area contributed by atoms with Gasteiger partial charge in [-0.2, -0.15) is 0 Å². The van der Waals surface area contributed by atoms with Crippen LogP contribution in [0.25, 0.3) is 0 Å². The van der Waals surface area contributed by atoms with Crippen LogP contribution in [0.5, 0.6) is 5.75 Å². The van der Waals surface area contributed by atoms with Crippen molar-refractivity contribution in [3.63, 3.8) is 0 Å². The highest BCUT2D eigenvalue weighted by Gasteiger charge is 2.12. The van der Waals surface area contributed by atoms with Gasteiger partial charge in [-0.1, -0.05) is 49.7 Å². The number of ether oxygens (including phenoxy) is 1. The maximum Gasteiger partial charge on any atom is 0.255 e. The standard InChI is InChI=1S/C20H25ClN2O2/c1-3-23(4-2)14-13-22-20(24)18-7-5-6-8-19(18)25-15-16-9-11-17(21)12-10-16/h5-12H,3-4,13-15H2,1-2H3,(H,22,24). The predicted molar refractivity (Wildman–Crippen MR) is 102 cm³/mol. The van der Waals surface area contributed by atoms with Gasteiger partial charge in [0.2, 0.25) is 0 Å². The van der Waals surface area contributed by atoms with Crippen LogP contribution in [-0.4, -0.2) is 37.0 Å². The minimum Gasteiger partial charge on any atom is -0.488 e. The van der Waals surface area contributed by atoms with Crippen LogP contribution in [-0.2, 0) is 6.61 Å². The van der Waals surface area contributed by atoms with Crippen molar-refractivity contribution in [2.75, 3.05) is 26.2 Å². The first-order valence-electron chi connectivity index (χ1n) is 8.60. The Kier molecular flexibility index (Phi) is 7.76. The lowest BCUT2D eigenvalue weighted by Crippen LogP contribution is -2.34. The first kappa shape index (κ1) is 19.3. The Morgan fingerprint density at radius 3 is 2.44 bits per heavy atom. The third-order valence-corrected chi connectivity index (χ3v) is 4.30. The maximum absolute atomic E-state index is 12.5. The number of carbonyl (C=O) groups excluding carboxylic acids is 1. The molecule has 0 aliphatic carbocycles. The van der Waals surface area contributed by atoms with Crippen molar-refractivity contribution < 1.29 is 9.53 Å². The molecular formula is C20H25ClN2O2. The molecule has 0 saturated heterocycles. The zero-order valence-corrected chi connectivity index (χ0v) is 15.6. The minimum atomic E-state index is -0.112. The quantitative estimate of drug-likeness (QED) is 0.735. The summed E-state index contributed by atoms with van der Waals surface area (Å²) < 4.78 is 5.84. The fraction of sp³-hybridized carbons (Fsp3) is 0.350. The van der Waals surface area contributed by atoms with Crippen molar-refractivity contribution in [1.29, 1.82) is 0 Å². The molecule has 0 saturated carbocycles. The Bertz CT molecular complexity index is 670. The monoisotopic (exact) mass is 360 g/mol. The number of amides is 1. The molecule has 1 amide bonds. The molecule has 1 N–H and O–H groups in total. The summed E-state index contributed by atoms with van der Waals surface area (Å²) in [6.45, 7) is 8.04. The minimum absolute atomic E-state index is 0.112. The Balaban J connectivity index is 1.94. The molecule has 2 aromatic rings. The van der Waals surface area contributed by atoms with Crippen molar-refractivity contribution in [2.45, 2.75) is 20.5 Å². The topological polar surface area (TPSA) is 41.6 Å². The molecule has 0 radical (unpaired) electrons. The number of hydrogen-bond donors (Lipinski definition) is 1. The van der Waals surface area contributed by atoms with Crippen LogP contribution in [0.1, 0.15) is 29.8 Å². The second kappa shape index (κ2) is 10.1. The van der Waals surface area contributed by atoms with Crippen molar-refractivity contribution in [1.82, 2.24) is 10.2 Å². The van der Waals surface area contributed by atoms with Gasteiger partial charge in [-0.3, -0.25) is 4.79 Å². The third kappa shape index (κ3) is 6.07. The van der Waals surface area contributed by atoms with E-state index in [-0.39, 0.29) is 5.91 Å². The predicted octanol–water partition coefficient (Wildman–Crippen LogP) is 3.99. The van der Waals surface area contributed by atoms with E-state index < -0.39 is 0 Å². The maximum atomic E-state index is 12.5. The molecule has 0 atom stereocenters. The van der Waals surface area contributed by atoms with E-state index in [9.17, 15) is 4.79 Å². The number of rotatable bonds is 9. The summed E-state index contributed by atoms with van der Waals surface area (Å²) in [5.74, 6) is 0.469. The number of nitrogens with one attached hydrogen (secondary N) is 1. The Hall–Kier alpha value is -2.04. The summed E-state index contributed by atoms with van der Waals surface area (Å²) in [5, 5.41) is 3.66. The molecule has 25 heavy (non-hydrogen) atoms. The van der Waals surface area contributed by atoms with Crippen molar-refractivity contribution >= 4 is 17.5 Å². The van der Waals surface area contributed by atoms with E-state index >= 15 is 0 Å². The van der Waals surface area contributed by atoms with Crippen molar-refractivity contribution in [3.8, 4) is 5.75 Å². The second-order valence-electron chi connectivity index (χ2n) is 5.69. The van der Waals surface area contributed by atoms with Gasteiger partial charge in [0, 0.05) is 18.1 Å². The first-order valence-corrected chi connectivity index (χ1v) is 8.98. The van der Waals surface area contributed by atoms with E-state index in [0.717, 1.165) is 25.2 Å². The molecule has 4 nitrogen and oxygen atoms in total. The number of nitrogens with zero attached hydrogens (tertiary/aromatic N) is 1. The van der Waals surface area contributed by atoms with Crippen LogP contribution in [0.4, 0.5) is 0 Å². The molecular weight excluding hydrogens is 336 g/mol. The molecule has 0 spiro atoms. The smallest absolute Gasteiger partial charge is 0.255 e. The third-order valence-electron chi connectivity index (χ3n) is 4.05. The zero-order valence-electron chi connectivity index (χ0n) is 14.8. The molecule has 0 bridgehead atoms. The van der Waals surface area contributed by atoms with E-state index in [2.05, 4.69) is 24.1 Å². The molecule has 5 heteroatoms. The van der Waals surface area contributed by atoms with Gasteiger partial charge in [0.25, 0.3) is 5.91 Å². The average molecular weight is 361 g/mol. The van der Waals surface area contributed by atoms with Gasteiger partial charge in [-0.25, -0.2) is 0 Å². The van der Waals surface area contributed by atoms with Gasteiger partial charge in [0.05, 0.1) is 5.56 Å². The Morgan fingerprint density at radius 2 is 1.76 bits per heavy atom. The summed E-state index contributed by atoms with van der Waals surface area (Å²) in [5.41, 5.74) is 1.55. The normalized spacial score (nSPS) is 10.7. The lowest BCUT2D eigenvalue weighted by Gasteiger charge is -2.18. The van der Waals surface area contributed by atoms with Crippen molar-refractivity contribution in [2.24, 2.45) is 0 Å². The molecule has 0 fully saturated rings. The molecule has 2 aromatic carbocycles. The molecule has 2 rings (SSSR count). The van der Waals surface area contributed by atoms with Gasteiger partial charge in [-0.05, 0) is 42.9 Å². The fourth-order valence-corrected chi connectivity index (χ4v) is 2.61. The fourth-order valence-electron chi connectivity index (χ4n) is 2.48. The van der Waals surface area contributed by atoms with Gasteiger partial charge in [0.1, 0.15) is 12.4 Å². The summed E-state index contributed by atoms with van der Waals surface area (Å²) in [4.78, 5) is 14.7. The SMILES string of the molecule is CCN(CC)CCNC(=O)c1ccccc1OCc1ccc(Cl)cc1. The lowest BCUT2D eigenvalue weighted by molar-refractivity contribution is 0.0944. The molecule has 0 aliphatic rings. The van der Waals surface area contributed by atoms with Crippen LogP contribution in [0, 0.1) is 0 Å². The molecule has 0 aromatic heterocycles. The summed E-state index contributed by atoms with van der Waals surface area (Å²) >= 11 is 5.89. The first-order chi connectivity index (χ1) is 12.1. The van der Waals surface area contributed by atoms with E-state index in [4.69, 9.17) is 16.3 Å². The number of likely N-dealkylation sites (N-methyl/N-ethyl adjacent to an activating group) is 1. The van der Waals surface area contributed by atoms with E-state index in [1.165, 1.54) is 0 Å². The van der Waals surface area contributed by atoms with Crippen LogP contribution in [0.2, 0.25) is 5.02 Å². The van der Waals surface area contributed by atoms with Gasteiger partial charge in [0.15, 0.2) is 0 Å². The number of carbonyl (C=O) groups is 1. The molecule has 0 unspecified atom stereocenters. The largest absolute Gasteiger partial charge is 0.488 e. The van der Waals surface area contributed by atoms with Crippen LogP contribution in [0.3, 0.4) is 0 Å². The summed E-state index contributed by atoms with van der Waals surface area (Å²) in [6, 6.07) is 14.8. The highest BCUT2D eigenvalue weighted by molar-refractivity contribution is 6.30. The number of halogens is 1.